The molecule has 0 unspecified atom stereocenters. The maximum Gasteiger partial charge on any atom is 0.269 e. The minimum absolute atomic E-state index is 0.0961. The number of nitrogens with one attached hydrogen (secondary N) is 2. The standard InChI is InChI=1S/C17H23N3O3/c21-16(17-9-2-1-3-14(17)11-18-12-17)19-10-8-13-4-6-15(7-5-13)20(22)23/h4-7,14,18H,1-3,8-12H2,(H,19,21)/t14-,17+/m0/s1. The van der Waals surface area contributed by atoms with E-state index in [2.05, 4.69) is 10.6 Å². The molecule has 0 radical (unpaired) electrons. The average molecular weight is 317 g/mol. The molecule has 1 aromatic rings. The third-order valence-electron chi connectivity index (χ3n) is 5.34. The Morgan fingerprint density at radius 3 is 2.87 bits per heavy atom. The molecule has 23 heavy (non-hydrogen) atoms. The molecule has 1 amide bonds. The van der Waals surface area contributed by atoms with Crippen molar-refractivity contribution in [3.8, 4) is 0 Å². The summed E-state index contributed by atoms with van der Waals surface area (Å²) in [6, 6.07) is 6.52. The molecule has 6 nitrogen and oxygen atoms in total. The van der Waals surface area contributed by atoms with Crippen LogP contribution in [-0.2, 0) is 11.2 Å². The van der Waals surface area contributed by atoms with Crippen LogP contribution >= 0.6 is 0 Å². The maximum absolute atomic E-state index is 12.7. The van der Waals surface area contributed by atoms with Gasteiger partial charge in [0.25, 0.3) is 5.69 Å². The number of non-ortho nitro benzene ring substituents is 1. The second kappa shape index (κ2) is 6.66. The van der Waals surface area contributed by atoms with Gasteiger partial charge >= 0.3 is 0 Å². The maximum atomic E-state index is 12.7. The van der Waals surface area contributed by atoms with Crippen molar-refractivity contribution in [1.29, 1.82) is 0 Å². The Labute approximate surface area is 135 Å². The molecule has 2 fully saturated rings. The highest BCUT2D eigenvalue weighted by molar-refractivity contribution is 5.83. The van der Waals surface area contributed by atoms with Crippen LogP contribution in [-0.4, -0.2) is 30.5 Å². The van der Waals surface area contributed by atoms with Gasteiger partial charge < -0.3 is 10.6 Å². The van der Waals surface area contributed by atoms with E-state index in [1.807, 2.05) is 0 Å². The summed E-state index contributed by atoms with van der Waals surface area (Å²) in [5.74, 6) is 0.643. The van der Waals surface area contributed by atoms with Gasteiger partial charge in [-0.25, -0.2) is 0 Å². The third kappa shape index (κ3) is 3.22. The van der Waals surface area contributed by atoms with Crippen molar-refractivity contribution in [3.05, 3.63) is 39.9 Å². The van der Waals surface area contributed by atoms with Crippen molar-refractivity contribution < 1.29 is 9.72 Å². The minimum Gasteiger partial charge on any atom is -0.355 e. The molecule has 6 heteroatoms. The Hall–Kier alpha value is -1.95. The number of hydrogen-bond donors (Lipinski definition) is 2. The molecule has 2 N–H and O–H groups in total. The highest BCUT2D eigenvalue weighted by Crippen LogP contribution is 2.43. The predicted molar refractivity (Wildman–Crippen MR) is 87.1 cm³/mol. The molecule has 0 spiro atoms. The fraction of sp³-hybridized carbons (Fsp3) is 0.588. The summed E-state index contributed by atoms with van der Waals surface area (Å²) in [6.07, 6.45) is 5.17. The van der Waals surface area contributed by atoms with E-state index in [1.54, 1.807) is 12.1 Å². The lowest BCUT2D eigenvalue weighted by atomic mass is 9.67. The first-order valence-electron chi connectivity index (χ1n) is 8.34. The van der Waals surface area contributed by atoms with Gasteiger partial charge in [-0.1, -0.05) is 25.0 Å². The van der Waals surface area contributed by atoms with Gasteiger partial charge in [0, 0.05) is 25.2 Å². The van der Waals surface area contributed by atoms with Crippen molar-refractivity contribution >= 4 is 11.6 Å². The van der Waals surface area contributed by atoms with Gasteiger partial charge in [-0.2, -0.15) is 0 Å². The number of carbonyl (C=O) groups excluding carboxylic acids is 1. The van der Waals surface area contributed by atoms with Gasteiger partial charge in [0.05, 0.1) is 10.3 Å². The van der Waals surface area contributed by atoms with Crippen molar-refractivity contribution in [1.82, 2.24) is 10.6 Å². The zero-order valence-electron chi connectivity index (χ0n) is 13.2. The molecule has 124 valence electrons. The van der Waals surface area contributed by atoms with Crippen LogP contribution in [0.15, 0.2) is 24.3 Å². The number of benzene rings is 1. The first-order valence-corrected chi connectivity index (χ1v) is 8.34. The molecule has 1 aliphatic carbocycles. The molecule has 1 aromatic carbocycles. The summed E-state index contributed by atoms with van der Waals surface area (Å²) in [5.41, 5.74) is 0.880. The minimum atomic E-state index is -0.402. The van der Waals surface area contributed by atoms with Gasteiger partial charge in [-0.3, -0.25) is 14.9 Å². The van der Waals surface area contributed by atoms with E-state index in [0.29, 0.717) is 18.9 Å². The third-order valence-corrected chi connectivity index (χ3v) is 5.34. The molecular formula is C17H23N3O3. The van der Waals surface area contributed by atoms with E-state index in [9.17, 15) is 14.9 Å². The Morgan fingerprint density at radius 2 is 2.13 bits per heavy atom. The Kier molecular flexibility index (Phi) is 4.61. The monoisotopic (exact) mass is 317 g/mol. The number of hydrogen-bond acceptors (Lipinski definition) is 4. The number of nitro groups is 1. The van der Waals surface area contributed by atoms with Crippen LogP contribution in [0.4, 0.5) is 5.69 Å². The summed E-state index contributed by atoms with van der Waals surface area (Å²) >= 11 is 0. The second-order valence-corrected chi connectivity index (χ2v) is 6.66. The Balaban J connectivity index is 1.54. The van der Waals surface area contributed by atoms with Gasteiger partial charge in [-0.05, 0) is 37.3 Å². The van der Waals surface area contributed by atoms with E-state index < -0.39 is 4.92 Å². The van der Waals surface area contributed by atoms with E-state index in [1.165, 1.54) is 18.6 Å². The summed E-state index contributed by atoms with van der Waals surface area (Å²) < 4.78 is 0. The van der Waals surface area contributed by atoms with Gasteiger partial charge in [-0.15, -0.1) is 0 Å². The number of fused-ring (bicyclic) bond motifs is 1. The van der Waals surface area contributed by atoms with Crippen molar-refractivity contribution in [2.75, 3.05) is 19.6 Å². The SMILES string of the molecule is O=C(NCCc1ccc([N+](=O)[O-])cc1)[C@@]12CCCC[C@H]1CNC2. The zero-order chi connectivity index (χ0) is 16.3. The van der Waals surface area contributed by atoms with Crippen molar-refractivity contribution in [2.45, 2.75) is 32.1 Å². The van der Waals surface area contributed by atoms with E-state index in [0.717, 1.165) is 37.9 Å². The zero-order valence-corrected chi connectivity index (χ0v) is 13.2. The van der Waals surface area contributed by atoms with E-state index >= 15 is 0 Å². The van der Waals surface area contributed by atoms with Crippen LogP contribution in [0.5, 0.6) is 0 Å². The van der Waals surface area contributed by atoms with E-state index in [-0.39, 0.29) is 17.0 Å². The quantitative estimate of drug-likeness (QED) is 0.643. The van der Waals surface area contributed by atoms with Crippen LogP contribution in [0.3, 0.4) is 0 Å². The predicted octanol–water partition coefficient (Wildman–Crippen LogP) is 2.03. The highest BCUT2D eigenvalue weighted by atomic mass is 16.6. The molecule has 1 heterocycles. The first kappa shape index (κ1) is 15.9. The fourth-order valence-electron chi connectivity index (χ4n) is 3.97. The first-order chi connectivity index (χ1) is 11.1. The lowest BCUT2D eigenvalue weighted by Crippen LogP contribution is -2.48. The lowest BCUT2D eigenvalue weighted by Gasteiger charge is -2.37. The largest absolute Gasteiger partial charge is 0.355 e. The van der Waals surface area contributed by atoms with Crippen LogP contribution in [0.1, 0.15) is 31.2 Å². The summed E-state index contributed by atoms with van der Waals surface area (Å²) in [5, 5.41) is 17.1. The van der Waals surface area contributed by atoms with Gasteiger partial charge in [0.2, 0.25) is 5.91 Å². The summed E-state index contributed by atoms with van der Waals surface area (Å²) in [4.78, 5) is 22.9. The number of amides is 1. The molecule has 3 rings (SSSR count). The van der Waals surface area contributed by atoms with Crippen molar-refractivity contribution in [3.63, 3.8) is 0 Å². The second-order valence-electron chi connectivity index (χ2n) is 6.66. The van der Waals surface area contributed by atoms with E-state index in [4.69, 9.17) is 0 Å². The van der Waals surface area contributed by atoms with Crippen LogP contribution in [0.25, 0.3) is 0 Å². The Morgan fingerprint density at radius 1 is 1.35 bits per heavy atom. The van der Waals surface area contributed by atoms with Gasteiger partial charge in [0.1, 0.15) is 0 Å². The number of carbonyl (C=O) groups is 1. The van der Waals surface area contributed by atoms with Crippen LogP contribution in [0, 0.1) is 21.4 Å². The molecule has 1 saturated heterocycles. The number of nitrogens with zero attached hydrogens (tertiary/aromatic N) is 1. The normalized spacial score (nSPS) is 26.5. The molecular weight excluding hydrogens is 294 g/mol. The van der Waals surface area contributed by atoms with Crippen LogP contribution < -0.4 is 10.6 Å². The number of rotatable bonds is 5. The molecule has 0 bridgehead atoms. The molecule has 2 atom stereocenters. The van der Waals surface area contributed by atoms with Gasteiger partial charge in [0.15, 0.2) is 0 Å². The summed E-state index contributed by atoms with van der Waals surface area (Å²) in [6.45, 7) is 2.32. The molecule has 1 aliphatic heterocycles. The average Bonchev–Trinajstić information content (AvgIpc) is 3.00. The summed E-state index contributed by atoms with van der Waals surface area (Å²) in [7, 11) is 0. The number of nitro benzene ring substituents is 1. The fourth-order valence-corrected chi connectivity index (χ4v) is 3.97. The smallest absolute Gasteiger partial charge is 0.269 e. The molecule has 0 aromatic heterocycles. The molecule has 2 aliphatic rings. The topological polar surface area (TPSA) is 84.3 Å². The molecule has 1 saturated carbocycles. The van der Waals surface area contributed by atoms with Crippen LogP contribution in [0.2, 0.25) is 0 Å². The Bertz CT molecular complexity index is 587. The highest BCUT2D eigenvalue weighted by Gasteiger charge is 2.49. The van der Waals surface area contributed by atoms with Crippen molar-refractivity contribution in [2.24, 2.45) is 11.3 Å². The lowest BCUT2D eigenvalue weighted by molar-refractivity contribution is -0.384.